The lowest BCUT2D eigenvalue weighted by Gasteiger charge is -2.42. The van der Waals surface area contributed by atoms with Crippen LogP contribution in [0.15, 0.2) is 168 Å². The van der Waals surface area contributed by atoms with Crippen LogP contribution in [0.3, 0.4) is 0 Å². The number of benzene rings is 8. The van der Waals surface area contributed by atoms with Crippen LogP contribution in [0.25, 0.3) is 60.6 Å². The Kier molecular flexibility index (Phi) is 8.39. The molecule has 10 aromatic rings. The van der Waals surface area contributed by atoms with Crippen molar-refractivity contribution in [2.45, 2.75) is 78.6 Å². The minimum absolute atomic E-state index is 0.0401. The fourth-order valence-electron chi connectivity index (χ4n) is 10.9. The van der Waals surface area contributed by atoms with Gasteiger partial charge < -0.3 is 18.7 Å². The Morgan fingerprint density at radius 3 is 1.74 bits per heavy atom. The summed E-state index contributed by atoms with van der Waals surface area (Å²) in [5.74, 6) is 0. The molecule has 2 aromatic heterocycles. The third-order valence-corrected chi connectivity index (χ3v) is 14.2. The van der Waals surface area contributed by atoms with Crippen LogP contribution in [0.4, 0.5) is 28.4 Å². The number of hydrogen-bond donors (Lipinski definition) is 0. The highest BCUT2D eigenvalue weighted by Gasteiger charge is 2.46. The van der Waals surface area contributed by atoms with Gasteiger partial charge in [0.15, 0.2) is 0 Å². The second kappa shape index (κ2) is 13.8. The summed E-state index contributed by atoms with van der Waals surface area (Å²) in [5, 5.41) is 4.84. The molecule has 2 aliphatic heterocycles. The summed E-state index contributed by atoms with van der Waals surface area (Å²) in [5.41, 5.74) is 20.1. The third-order valence-electron chi connectivity index (χ3n) is 14.2. The molecular formula is C60H54BN3O. The molecule has 0 atom stereocenters. The summed E-state index contributed by atoms with van der Waals surface area (Å²) in [6.45, 7) is 20.5. The fraction of sp³-hybridized carbons (Fsp3) is 0.200. The molecule has 0 amide bonds. The van der Waals surface area contributed by atoms with E-state index in [1.165, 1.54) is 77.3 Å². The van der Waals surface area contributed by atoms with Crippen LogP contribution in [-0.4, -0.2) is 11.4 Å². The van der Waals surface area contributed by atoms with Gasteiger partial charge in [-0.2, -0.15) is 0 Å². The molecule has 0 spiro atoms. The molecule has 0 radical (unpaired) electrons. The molecule has 0 bridgehead atoms. The minimum Gasteiger partial charge on any atom is -0.455 e. The van der Waals surface area contributed by atoms with E-state index >= 15 is 0 Å². The summed E-state index contributed by atoms with van der Waals surface area (Å²) in [6, 6.07) is 61.4. The number of furan rings is 1. The van der Waals surface area contributed by atoms with Gasteiger partial charge in [0, 0.05) is 66.8 Å². The van der Waals surface area contributed by atoms with Crippen molar-refractivity contribution in [3.05, 3.63) is 180 Å². The zero-order valence-corrected chi connectivity index (χ0v) is 38.9. The van der Waals surface area contributed by atoms with E-state index in [0.29, 0.717) is 0 Å². The van der Waals surface area contributed by atoms with E-state index in [1.54, 1.807) is 0 Å². The molecule has 65 heavy (non-hydrogen) atoms. The first-order valence-electron chi connectivity index (χ1n) is 23.2. The lowest BCUT2D eigenvalue weighted by molar-refractivity contribution is 0.590. The van der Waals surface area contributed by atoms with Gasteiger partial charge in [-0.25, -0.2) is 0 Å². The highest BCUT2D eigenvalue weighted by molar-refractivity contribution is 6.94. The lowest BCUT2D eigenvalue weighted by atomic mass is 9.44. The van der Waals surface area contributed by atoms with Crippen molar-refractivity contribution < 1.29 is 4.42 Å². The normalized spacial score (nSPS) is 13.6. The van der Waals surface area contributed by atoms with E-state index < -0.39 is 0 Å². The average Bonchev–Trinajstić information content (AvgIpc) is 3.84. The number of para-hydroxylation sites is 3. The number of hydrogen-bond acceptors (Lipinski definition) is 3. The van der Waals surface area contributed by atoms with Crippen molar-refractivity contribution in [2.75, 3.05) is 9.71 Å². The van der Waals surface area contributed by atoms with Crippen LogP contribution in [0.5, 0.6) is 0 Å². The van der Waals surface area contributed by atoms with Crippen molar-refractivity contribution in [3.8, 4) is 16.8 Å². The molecule has 318 valence electrons. The van der Waals surface area contributed by atoms with Crippen molar-refractivity contribution >= 4 is 90.0 Å². The maximum Gasteiger partial charge on any atom is 0.333 e. The van der Waals surface area contributed by atoms with Gasteiger partial charge in [0.2, 0.25) is 0 Å². The Morgan fingerprint density at radius 2 is 1.08 bits per heavy atom. The van der Waals surface area contributed by atoms with Crippen LogP contribution in [0, 0.1) is 0 Å². The van der Waals surface area contributed by atoms with Crippen LogP contribution in [0.2, 0.25) is 0 Å². The van der Waals surface area contributed by atoms with Crippen molar-refractivity contribution in [3.63, 3.8) is 0 Å². The SMILES string of the molecule is CC(C)(C)c1ccc(N(c2ccc(C(C)(C)C)cc2)c2ccc3c(c2)-n2c4ccc(C(C)(C)C)cc4c4c5c(oc6ccccc65)c5c(c42)B3N(c2ccccc2)c2ccccc2-5)cc1. The second-order valence-corrected chi connectivity index (χ2v) is 21.4. The summed E-state index contributed by atoms with van der Waals surface area (Å²) < 4.78 is 9.75. The van der Waals surface area contributed by atoms with Crippen LogP contribution in [0.1, 0.15) is 79.0 Å². The van der Waals surface area contributed by atoms with Crippen LogP contribution >= 0.6 is 0 Å². The summed E-state index contributed by atoms with van der Waals surface area (Å²) >= 11 is 0. The highest BCUT2D eigenvalue weighted by Crippen LogP contribution is 2.51. The van der Waals surface area contributed by atoms with E-state index in [2.05, 4.69) is 240 Å². The molecular weight excluding hydrogens is 789 g/mol. The maximum atomic E-state index is 7.15. The molecule has 0 saturated carbocycles. The van der Waals surface area contributed by atoms with Gasteiger partial charge in [0.05, 0.1) is 11.0 Å². The zero-order valence-electron chi connectivity index (χ0n) is 38.9. The van der Waals surface area contributed by atoms with Gasteiger partial charge in [-0.3, -0.25) is 0 Å². The van der Waals surface area contributed by atoms with Gasteiger partial charge in [-0.05, 0) is 117 Å². The smallest absolute Gasteiger partial charge is 0.333 e. The average molecular weight is 844 g/mol. The topological polar surface area (TPSA) is 24.6 Å². The zero-order chi connectivity index (χ0) is 44.7. The largest absolute Gasteiger partial charge is 0.455 e. The first kappa shape index (κ1) is 39.6. The third kappa shape index (κ3) is 5.90. The number of aromatic nitrogens is 1. The second-order valence-electron chi connectivity index (χ2n) is 21.4. The number of nitrogens with zero attached hydrogens (tertiary/aromatic N) is 3. The molecule has 12 rings (SSSR count). The quantitative estimate of drug-likeness (QED) is 0.165. The van der Waals surface area contributed by atoms with E-state index in [0.717, 1.165) is 39.3 Å². The first-order chi connectivity index (χ1) is 31.2. The molecule has 5 heteroatoms. The summed E-state index contributed by atoms with van der Waals surface area (Å²) in [7, 11) is 0. The van der Waals surface area contributed by atoms with Crippen molar-refractivity contribution in [1.29, 1.82) is 0 Å². The first-order valence-corrected chi connectivity index (χ1v) is 23.2. The van der Waals surface area contributed by atoms with Gasteiger partial charge in [0.1, 0.15) is 11.2 Å². The molecule has 0 unspecified atom stereocenters. The maximum absolute atomic E-state index is 7.15. The Morgan fingerprint density at radius 1 is 0.492 bits per heavy atom. The van der Waals surface area contributed by atoms with Crippen molar-refractivity contribution in [2.24, 2.45) is 0 Å². The summed E-state index contributed by atoms with van der Waals surface area (Å²) in [6.07, 6.45) is 0. The van der Waals surface area contributed by atoms with Gasteiger partial charge in [0.25, 0.3) is 0 Å². The monoisotopic (exact) mass is 843 g/mol. The molecule has 8 aromatic carbocycles. The Hall–Kier alpha value is -6.98. The molecule has 0 saturated heterocycles. The standard InChI is InChI=1S/C60H54BN3O/c1-58(2,3)37-23-28-40(29-24-37)62(41-30-25-38(26-31-41)59(4,5)6)43-32-33-47-50(36-43)63-48-34-27-39(60(7,8)9)35-46(48)52-53-45-20-14-16-22-51(45)65-57(53)54-44-19-13-15-21-49(44)64(42-17-11-10-12-18-42)61(47)55(54)56(52)63/h10-36H,1-9H3. The Labute approximate surface area is 382 Å². The van der Waals surface area contributed by atoms with Gasteiger partial charge >= 0.3 is 6.85 Å². The molecule has 4 nitrogen and oxygen atoms in total. The molecule has 4 heterocycles. The molecule has 0 aliphatic carbocycles. The fourth-order valence-corrected chi connectivity index (χ4v) is 10.9. The predicted molar refractivity (Wildman–Crippen MR) is 278 cm³/mol. The molecule has 0 fully saturated rings. The van der Waals surface area contributed by atoms with Crippen LogP contribution < -0.4 is 20.6 Å². The Balaban J connectivity index is 1.23. The minimum atomic E-state index is -0.143. The van der Waals surface area contributed by atoms with E-state index in [-0.39, 0.29) is 23.1 Å². The predicted octanol–water partition coefficient (Wildman–Crippen LogP) is 15.3. The molecule has 0 N–H and O–H groups in total. The Bertz CT molecular complexity index is 3480. The van der Waals surface area contributed by atoms with Crippen LogP contribution in [-0.2, 0) is 16.2 Å². The van der Waals surface area contributed by atoms with E-state index in [1.807, 2.05) is 0 Å². The van der Waals surface area contributed by atoms with Gasteiger partial charge in [-0.1, -0.05) is 153 Å². The summed E-state index contributed by atoms with van der Waals surface area (Å²) in [4.78, 5) is 5.03. The van der Waals surface area contributed by atoms with Crippen molar-refractivity contribution in [1.82, 2.24) is 4.57 Å². The number of anilines is 5. The van der Waals surface area contributed by atoms with Gasteiger partial charge in [-0.15, -0.1) is 0 Å². The number of fused-ring (bicyclic) bond motifs is 13. The molecule has 2 aliphatic rings. The lowest BCUT2D eigenvalue weighted by Crippen LogP contribution is -2.60. The number of rotatable bonds is 4. The van der Waals surface area contributed by atoms with E-state index in [9.17, 15) is 0 Å². The highest BCUT2D eigenvalue weighted by atomic mass is 16.3. The van der Waals surface area contributed by atoms with E-state index in [4.69, 9.17) is 4.42 Å².